The lowest BCUT2D eigenvalue weighted by atomic mass is 9.81. The van der Waals surface area contributed by atoms with Gasteiger partial charge in [-0.2, -0.15) is 0 Å². The third-order valence-corrected chi connectivity index (χ3v) is 6.22. The molecule has 0 saturated heterocycles. The largest absolute Gasteiger partial charge is 0.493 e. The van der Waals surface area contributed by atoms with E-state index < -0.39 is 0 Å². The first-order chi connectivity index (χ1) is 13.3. The first kappa shape index (κ1) is 16.8. The Labute approximate surface area is 168 Å². The Morgan fingerprint density at radius 1 is 0.852 bits per heavy atom. The molecule has 0 heterocycles. The maximum absolute atomic E-state index is 6.06. The minimum atomic E-state index is 0.578. The fraction of sp³-hybridized carbons (Fsp3) is 0.200. The van der Waals surface area contributed by atoms with Crippen molar-refractivity contribution in [3.05, 3.63) is 88.4 Å². The predicted octanol–water partition coefficient (Wildman–Crippen LogP) is 6.94. The van der Waals surface area contributed by atoms with Crippen LogP contribution in [0.4, 0.5) is 0 Å². The molecule has 4 aromatic carbocycles. The topological polar surface area (TPSA) is 9.23 Å². The summed E-state index contributed by atoms with van der Waals surface area (Å²) in [6.45, 7) is 0.783. The molecule has 0 aromatic heterocycles. The molecule has 1 nitrogen and oxygen atoms in total. The summed E-state index contributed by atoms with van der Waals surface area (Å²) in [5.41, 5.74) is 3.03. The van der Waals surface area contributed by atoms with Gasteiger partial charge in [-0.15, -0.1) is 0 Å². The maximum atomic E-state index is 6.06. The van der Waals surface area contributed by atoms with Gasteiger partial charge in [0.15, 0.2) is 0 Å². The Balaban J connectivity index is 1.41. The van der Waals surface area contributed by atoms with Gasteiger partial charge in [-0.25, -0.2) is 0 Å². The summed E-state index contributed by atoms with van der Waals surface area (Å²) in [7, 11) is 0. The number of hydrogen-bond donors (Lipinski definition) is 0. The Hall–Kier alpha value is -2.32. The smallest absolute Gasteiger partial charge is 0.120 e. The van der Waals surface area contributed by atoms with Gasteiger partial charge in [0.1, 0.15) is 5.75 Å². The van der Waals surface area contributed by atoms with Crippen LogP contribution in [0.3, 0.4) is 0 Å². The summed E-state index contributed by atoms with van der Waals surface area (Å²) in [6.07, 6.45) is 3.43. The van der Waals surface area contributed by atoms with E-state index >= 15 is 0 Å². The van der Waals surface area contributed by atoms with Crippen LogP contribution in [0.5, 0.6) is 5.75 Å². The zero-order chi connectivity index (χ0) is 18.2. The van der Waals surface area contributed by atoms with E-state index in [1.54, 1.807) is 0 Å². The van der Waals surface area contributed by atoms with Crippen LogP contribution >= 0.6 is 15.9 Å². The standard InChI is InChI=1S/C25H21BrO/c26-20-5-3-6-21(15-20)27-16-17-8-11-23-19(14-17)10-13-24-22-7-2-1-4-18(22)9-12-25(23)24/h1-7,9-10,12-13,15,17H,8,11,14,16H2/t17-/m1/s1. The van der Waals surface area contributed by atoms with Crippen molar-refractivity contribution < 1.29 is 4.74 Å². The number of ether oxygens (including phenoxy) is 1. The van der Waals surface area contributed by atoms with Gasteiger partial charge in [-0.3, -0.25) is 0 Å². The van der Waals surface area contributed by atoms with E-state index in [0.29, 0.717) is 5.92 Å². The second kappa shape index (κ2) is 7.01. The third-order valence-electron chi connectivity index (χ3n) is 5.73. The summed E-state index contributed by atoms with van der Waals surface area (Å²) in [5, 5.41) is 5.49. The molecule has 2 heteroatoms. The maximum Gasteiger partial charge on any atom is 0.120 e. The molecule has 0 N–H and O–H groups in total. The number of hydrogen-bond acceptors (Lipinski definition) is 1. The molecule has 5 rings (SSSR count). The summed E-state index contributed by atoms with van der Waals surface area (Å²) in [4.78, 5) is 0. The molecule has 0 fully saturated rings. The Kier molecular flexibility index (Phi) is 4.37. The van der Waals surface area contributed by atoms with Crippen molar-refractivity contribution in [1.29, 1.82) is 0 Å². The zero-order valence-electron chi connectivity index (χ0n) is 15.1. The summed E-state index contributed by atoms with van der Waals surface area (Å²) < 4.78 is 7.12. The lowest BCUT2D eigenvalue weighted by Gasteiger charge is -2.26. The monoisotopic (exact) mass is 416 g/mol. The number of aryl methyl sites for hydroxylation is 1. The van der Waals surface area contributed by atoms with Crippen LogP contribution in [0.1, 0.15) is 17.5 Å². The van der Waals surface area contributed by atoms with Gasteiger partial charge in [0.05, 0.1) is 6.61 Å². The Morgan fingerprint density at radius 2 is 1.74 bits per heavy atom. The second-order valence-electron chi connectivity index (χ2n) is 7.46. The molecule has 1 aliphatic rings. The van der Waals surface area contributed by atoms with Crippen molar-refractivity contribution in [2.45, 2.75) is 19.3 Å². The number of fused-ring (bicyclic) bond motifs is 5. The average Bonchev–Trinajstić information content (AvgIpc) is 2.71. The lowest BCUT2D eigenvalue weighted by Crippen LogP contribution is -2.21. The molecule has 0 saturated carbocycles. The van der Waals surface area contributed by atoms with Crippen LogP contribution in [-0.2, 0) is 12.8 Å². The highest BCUT2D eigenvalue weighted by Crippen LogP contribution is 2.35. The highest BCUT2D eigenvalue weighted by molar-refractivity contribution is 9.10. The van der Waals surface area contributed by atoms with Gasteiger partial charge < -0.3 is 4.74 Å². The Bertz CT molecular complexity index is 1130. The van der Waals surface area contributed by atoms with E-state index in [-0.39, 0.29) is 0 Å². The van der Waals surface area contributed by atoms with E-state index in [1.165, 1.54) is 39.1 Å². The fourth-order valence-electron chi connectivity index (χ4n) is 4.36. The highest BCUT2D eigenvalue weighted by Gasteiger charge is 2.21. The van der Waals surface area contributed by atoms with Gasteiger partial charge >= 0.3 is 0 Å². The molecule has 0 unspecified atom stereocenters. The van der Waals surface area contributed by atoms with Crippen molar-refractivity contribution in [2.75, 3.05) is 6.61 Å². The number of halogens is 1. The fourth-order valence-corrected chi connectivity index (χ4v) is 4.74. The molecule has 134 valence electrons. The summed E-state index contributed by atoms with van der Waals surface area (Å²) >= 11 is 3.51. The molecule has 0 bridgehead atoms. The van der Waals surface area contributed by atoms with Gasteiger partial charge in [-0.05, 0) is 76.1 Å². The minimum Gasteiger partial charge on any atom is -0.493 e. The summed E-state index contributed by atoms with van der Waals surface area (Å²) in [6, 6.07) is 26.0. The van der Waals surface area contributed by atoms with Crippen LogP contribution < -0.4 is 4.74 Å². The molecule has 0 aliphatic heterocycles. The molecule has 0 amide bonds. The minimum absolute atomic E-state index is 0.578. The van der Waals surface area contributed by atoms with Crippen molar-refractivity contribution >= 4 is 37.5 Å². The van der Waals surface area contributed by atoms with Crippen molar-refractivity contribution in [3.63, 3.8) is 0 Å². The summed E-state index contributed by atoms with van der Waals surface area (Å²) in [5.74, 6) is 1.52. The van der Waals surface area contributed by atoms with E-state index in [2.05, 4.69) is 64.5 Å². The lowest BCUT2D eigenvalue weighted by molar-refractivity contribution is 0.234. The third kappa shape index (κ3) is 3.23. The van der Waals surface area contributed by atoms with E-state index in [9.17, 15) is 0 Å². The molecule has 1 aliphatic carbocycles. The average molecular weight is 417 g/mol. The van der Waals surface area contributed by atoms with Crippen LogP contribution in [-0.4, -0.2) is 6.61 Å². The quantitative estimate of drug-likeness (QED) is 0.328. The molecule has 1 atom stereocenters. The first-order valence-corrected chi connectivity index (χ1v) is 10.4. The number of benzene rings is 4. The normalized spacial score (nSPS) is 16.4. The molecular weight excluding hydrogens is 396 g/mol. The van der Waals surface area contributed by atoms with Crippen LogP contribution in [0, 0.1) is 5.92 Å². The molecule has 27 heavy (non-hydrogen) atoms. The van der Waals surface area contributed by atoms with Crippen molar-refractivity contribution in [3.8, 4) is 5.75 Å². The molecule has 0 radical (unpaired) electrons. The van der Waals surface area contributed by atoms with Crippen LogP contribution in [0.15, 0.2) is 77.3 Å². The van der Waals surface area contributed by atoms with Gasteiger partial charge in [0, 0.05) is 4.47 Å². The molecule has 4 aromatic rings. The van der Waals surface area contributed by atoms with E-state index in [1.807, 2.05) is 24.3 Å². The SMILES string of the molecule is Brc1cccc(OC[C@@H]2CCc3c(ccc4c3ccc3ccccc34)C2)c1. The van der Waals surface area contributed by atoms with Crippen LogP contribution in [0.25, 0.3) is 21.5 Å². The van der Waals surface area contributed by atoms with E-state index in [0.717, 1.165) is 29.7 Å². The van der Waals surface area contributed by atoms with Crippen LogP contribution in [0.2, 0.25) is 0 Å². The molecular formula is C25H21BrO. The van der Waals surface area contributed by atoms with Gasteiger partial charge in [-0.1, -0.05) is 70.5 Å². The highest BCUT2D eigenvalue weighted by atomic mass is 79.9. The van der Waals surface area contributed by atoms with Gasteiger partial charge in [0.2, 0.25) is 0 Å². The van der Waals surface area contributed by atoms with Crippen molar-refractivity contribution in [2.24, 2.45) is 5.92 Å². The first-order valence-electron chi connectivity index (χ1n) is 9.58. The van der Waals surface area contributed by atoms with E-state index in [4.69, 9.17) is 4.74 Å². The van der Waals surface area contributed by atoms with Gasteiger partial charge in [0.25, 0.3) is 0 Å². The predicted molar refractivity (Wildman–Crippen MR) is 117 cm³/mol. The Morgan fingerprint density at radius 3 is 2.67 bits per heavy atom. The molecule has 0 spiro atoms. The van der Waals surface area contributed by atoms with Crippen molar-refractivity contribution in [1.82, 2.24) is 0 Å². The number of rotatable bonds is 3. The zero-order valence-corrected chi connectivity index (χ0v) is 16.7. The second-order valence-corrected chi connectivity index (χ2v) is 8.38.